The third kappa shape index (κ3) is 3.95. The van der Waals surface area contributed by atoms with E-state index in [4.69, 9.17) is 0 Å². The number of hydrogen-bond acceptors (Lipinski definition) is 1. The van der Waals surface area contributed by atoms with Crippen LogP contribution < -0.4 is 0 Å². The second kappa shape index (κ2) is 4.30. The molecule has 0 fully saturated rings. The largest absolute Gasteiger partial charge is 0.263 e. The molecule has 0 rings (SSSR count). The van der Waals surface area contributed by atoms with Crippen LogP contribution in [-0.4, -0.2) is 5.71 Å². The molecule has 0 radical (unpaired) electrons. The summed E-state index contributed by atoms with van der Waals surface area (Å²) in [6, 6.07) is 0. The lowest BCUT2D eigenvalue weighted by Gasteiger charge is -1.94. The summed E-state index contributed by atoms with van der Waals surface area (Å²) >= 11 is 0. The molecule has 0 heterocycles. The van der Waals surface area contributed by atoms with E-state index < -0.39 is 0 Å². The van der Waals surface area contributed by atoms with Gasteiger partial charge in [0.05, 0.1) is 0 Å². The average molecular weight is 125 g/mol. The molecule has 0 aliphatic heterocycles. The molecule has 0 aliphatic carbocycles. The van der Waals surface area contributed by atoms with Crippen molar-refractivity contribution in [1.29, 1.82) is 0 Å². The molecule has 0 N–H and O–H groups in total. The Bertz CT molecular complexity index is 128. The summed E-state index contributed by atoms with van der Waals surface area (Å²) in [6.07, 6.45) is 3.08. The zero-order valence-electron chi connectivity index (χ0n) is 6.73. The maximum absolute atomic E-state index is 4.29. The Morgan fingerprint density at radius 2 is 2.00 bits per heavy atom. The van der Waals surface area contributed by atoms with Gasteiger partial charge in [0.2, 0.25) is 0 Å². The highest BCUT2D eigenvalue weighted by Crippen LogP contribution is 2.01. The van der Waals surface area contributed by atoms with Crippen molar-refractivity contribution in [1.82, 2.24) is 0 Å². The lowest BCUT2D eigenvalue weighted by molar-refractivity contribution is 1.06. The van der Waals surface area contributed by atoms with Gasteiger partial charge < -0.3 is 0 Å². The minimum absolute atomic E-state index is 1.03. The van der Waals surface area contributed by atoms with Crippen molar-refractivity contribution >= 4 is 5.71 Å². The van der Waals surface area contributed by atoms with E-state index in [1.807, 2.05) is 26.8 Å². The predicted octanol–water partition coefficient (Wildman–Crippen LogP) is 2.78. The summed E-state index contributed by atoms with van der Waals surface area (Å²) < 4.78 is 0. The van der Waals surface area contributed by atoms with Crippen molar-refractivity contribution < 1.29 is 0 Å². The van der Waals surface area contributed by atoms with Crippen LogP contribution in [0.25, 0.3) is 0 Å². The van der Waals surface area contributed by atoms with Gasteiger partial charge in [-0.05, 0) is 27.2 Å². The first-order chi connectivity index (χ1) is 4.20. The molecule has 0 unspecified atom stereocenters. The van der Waals surface area contributed by atoms with Crippen molar-refractivity contribution in [3.63, 3.8) is 0 Å². The maximum atomic E-state index is 4.29. The SMILES string of the molecule is C/C=C(\CC)N=C(C)C. The van der Waals surface area contributed by atoms with Crippen LogP contribution in [0, 0.1) is 0 Å². The molecule has 0 saturated heterocycles. The lowest BCUT2D eigenvalue weighted by Crippen LogP contribution is -1.82. The van der Waals surface area contributed by atoms with E-state index in [0.29, 0.717) is 0 Å². The van der Waals surface area contributed by atoms with Gasteiger partial charge in [0, 0.05) is 11.4 Å². The quantitative estimate of drug-likeness (QED) is 0.503. The maximum Gasteiger partial charge on any atom is 0.0357 e. The van der Waals surface area contributed by atoms with Crippen LogP contribution in [0.4, 0.5) is 0 Å². The number of allylic oxidation sites excluding steroid dienone is 2. The van der Waals surface area contributed by atoms with E-state index in [2.05, 4.69) is 11.9 Å². The Labute approximate surface area is 57.5 Å². The van der Waals surface area contributed by atoms with Crippen molar-refractivity contribution in [2.24, 2.45) is 4.99 Å². The van der Waals surface area contributed by atoms with Gasteiger partial charge >= 0.3 is 0 Å². The average Bonchev–Trinajstić information content (AvgIpc) is 1.82. The first-order valence-electron chi connectivity index (χ1n) is 3.37. The molecule has 0 amide bonds. The third-order valence-electron chi connectivity index (χ3n) is 1.06. The molecular weight excluding hydrogens is 110 g/mol. The number of hydrogen-bond donors (Lipinski definition) is 0. The molecule has 1 nitrogen and oxygen atoms in total. The van der Waals surface area contributed by atoms with Crippen LogP contribution in [-0.2, 0) is 0 Å². The van der Waals surface area contributed by atoms with Crippen LogP contribution in [0.2, 0.25) is 0 Å². The highest BCUT2D eigenvalue weighted by Gasteiger charge is 1.85. The van der Waals surface area contributed by atoms with Crippen LogP contribution in [0.15, 0.2) is 16.8 Å². The Hall–Kier alpha value is -0.590. The van der Waals surface area contributed by atoms with Crippen LogP contribution in [0.1, 0.15) is 34.1 Å². The molecule has 52 valence electrons. The normalized spacial score (nSPS) is 11.3. The number of nitrogens with zero attached hydrogens (tertiary/aromatic N) is 1. The van der Waals surface area contributed by atoms with Crippen LogP contribution in [0.5, 0.6) is 0 Å². The van der Waals surface area contributed by atoms with Crippen molar-refractivity contribution in [2.45, 2.75) is 34.1 Å². The zero-order chi connectivity index (χ0) is 7.28. The topological polar surface area (TPSA) is 12.4 Å². The van der Waals surface area contributed by atoms with Gasteiger partial charge in [-0.3, -0.25) is 4.99 Å². The first-order valence-corrected chi connectivity index (χ1v) is 3.37. The van der Waals surface area contributed by atoms with Gasteiger partial charge in [-0.1, -0.05) is 13.0 Å². The highest BCUT2D eigenvalue weighted by atomic mass is 14.7. The second-order valence-corrected chi connectivity index (χ2v) is 2.19. The van der Waals surface area contributed by atoms with Gasteiger partial charge in [-0.15, -0.1) is 0 Å². The summed E-state index contributed by atoms with van der Waals surface area (Å²) in [7, 11) is 0. The van der Waals surface area contributed by atoms with Crippen LogP contribution >= 0.6 is 0 Å². The number of aliphatic imine (C=N–C) groups is 1. The van der Waals surface area contributed by atoms with Crippen molar-refractivity contribution in [3.8, 4) is 0 Å². The molecule has 0 saturated carbocycles. The highest BCUT2D eigenvalue weighted by molar-refractivity contribution is 5.80. The molecule has 0 aromatic rings. The summed E-state index contributed by atoms with van der Waals surface area (Å²) in [5, 5.41) is 0. The Morgan fingerprint density at radius 3 is 2.11 bits per heavy atom. The van der Waals surface area contributed by atoms with Gasteiger partial charge in [-0.2, -0.15) is 0 Å². The standard InChI is InChI=1S/C8H15N/c1-5-8(6-2)9-7(3)4/h5H,6H2,1-4H3/b8-5+. The zero-order valence-corrected chi connectivity index (χ0v) is 6.73. The summed E-state index contributed by atoms with van der Waals surface area (Å²) in [5.74, 6) is 0. The first kappa shape index (κ1) is 8.41. The summed E-state index contributed by atoms with van der Waals surface area (Å²) in [6.45, 7) is 8.16. The molecule has 0 spiro atoms. The molecule has 0 aromatic carbocycles. The molecule has 9 heavy (non-hydrogen) atoms. The Kier molecular flexibility index (Phi) is 4.02. The van der Waals surface area contributed by atoms with Crippen LogP contribution in [0.3, 0.4) is 0 Å². The second-order valence-electron chi connectivity index (χ2n) is 2.19. The fourth-order valence-corrected chi connectivity index (χ4v) is 0.635. The molecular formula is C8H15N. The van der Waals surface area contributed by atoms with Gasteiger partial charge in [-0.25, -0.2) is 0 Å². The fourth-order valence-electron chi connectivity index (χ4n) is 0.635. The molecule has 0 aromatic heterocycles. The third-order valence-corrected chi connectivity index (χ3v) is 1.06. The molecule has 0 aliphatic rings. The van der Waals surface area contributed by atoms with Gasteiger partial charge in [0.1, 0.15) is 0 Å². The molecule has 0 bridgehead atoms. The summed E-state index contributed by atoms with van der Waals surface area (Å²) in [5.41, 5.74) is 2.31. The lowest BCUT2D eigenvalue weighted by atomic mass is 10.3. The van der Waals surface area contributed by atoms with E-state index >= 15 is 0 Å². The fraction of sp³-hybridized carbons (Fsp3) is 0.625. The molecule has 1 heteroatoms. The van der Waals surface area contributed by atoms with Gasteiger partial charge in [0.15, 0.2) is 0 Å². The smallest absolute Gasteiger partial charge is 0.0357 e. The predicted molar refractivity (Wildman–Crippen MR) is 42.8 cm³/mol. The van der Waals surface area contributed by atoms with Crippen molar-refractivity contribution in [2.75, 3.05) is 0 Å². The van der Waals surface area contributed by atoms with E-state index in [0.717, 1.165) is 12.1 Å². The Morgan fingerprint density at radius 1 is 1.44 bits per heavy atom. The minimum Gasteiger partial charge on any atom is -0.263 e. The summed E-state index contributed by atoms with van der Waals surface area (Å²) in [4.78, 5) is 4.29. The number of rotatable bonds is 2. The van der Waals surface area contributed by atoms with Crippen molar-refractivity contribution in [3.05, 3.63) is 11.8 Å². The van der Waals surface area contributed by atoms with E-state index in [9.17, 15) is 0 Å². The Balaban J connectivity index is 4.01. The van der Waals surface area contributed by atoms with Gasteiger partial charge in [0.25, 0.3) is 0 Å². The monoisotopic (exact) mass is 125 g/mol. The van der Waals surface area contributed by atoms with E-state index in [1.54, 1.807) is 0 Å². The minimum atomic E-state index is 1.03. The van der Waals surface area contributed by atoms with E-state index in [-0.39, 0.29) is 0 Å². The van der Waals surface area contributed by atoms with E-state index in [1.165, 1.54) is 5.70 Å². The molecule has 0 atom stereocenters.